The number of aryl methyl sites for hydroxylation is 1. The average molecular weight is 529 g/mol. The van der Waals surface area contributed by atoms with Gasteiger partial charge in [-0.2, -0.15) is 13.2 Å². The van der Waals surface area contributed by atoms with E-state index in [1.54, 1.807) is 6.07 Å². The van der Waals surface area contributed by atoms with Crippen LogP contribution < -0.4 is 15.1 Å². The van der Waals surface area contributed by atoms with Crippen molar-refractivity contribution in [1.29, 1.82) is 0 Å². The number of halogens is 3. The monoisotopic (exact) mass is 528 g/mol. The van der Waals surface area contributed by atoms with Crippen molar-refractivity contribution in [3.05, 3.63) is 59.7 Å². The van der Waals surface area contributed by atoms with Gasteiger partial charge in [0.1, 0.15) is 5.82 Å². The van der Waals surface area contributed by atoms with E-state index in [2.05, 4.69) is 46.1 Å². The Morgan fingerprint density at radius 2 is 1.59 bits per heavy atom. The Labute approximate surface area is 220 Å². The van der Waals surface area contributed by atoms with E-state index in [9.17, 15) is 13.2 Å². The van der Waals surface area contributed by atoms with Crippen molar-refractivity contribution in [2.45, 2.75) is 13.1 Å². The number of hydrogen-bond donors (Lipinski definition) is 1. The Morgan fingerprint density at radius 1 is 0.892 bits per heavy atom. The number of alkyl halides is 3. The zero-order chi connectivity index (χ0) is 26.2. The zero-order valence-corrected chi connectivity index (χ0v) is 21.9. The van der Waals surface area contributed by atoms with Crippen LogP contribution in [0.2, 0.25) is 0 Å². The molecule has 0 bridgehead atoms. The SMILES string of the molecule is Cc1cc(N2CCN(C)CC2)nc2ccc(NC(=S)N3CCN(c4cccc(C(F)(F)F)c4)CC3)cc12. The van der Waals surface area contributed by atoms with E-state index in [1.807, 2.05) is 17.0 Å². The van der Waals surface area contributed by atoms with E-state index >= 15 is 0 Å². The van der Waals surface area contributed by atoms with E-state index in [1.165, 1.54) is 17.7 Å². The maximum Gasteiger partial charge on any atom is 0.416 e. The molecule has 3 heterocycles. The Morgan fingerprint density at radius 3 is 2.30 bits per heavy atom. The maximum absolute atomic E-state index is 13.1. The smallest absolute Gasteiger partial charge is 0.368 e. The number of aromatic nitrogens is 1. The molecular formula is C27H31F3N6S. The minimum atomic E-state index is -4.34. The van der Waals surface area contributed by atoms with Crippen LogP contribution >= 0.6 is 12.2 Å². The van der Waals surface area contributed by atoms with Crippen molar-refractivity contribution in [2.75, 3.05) is 74.5 Å². The van der Waals surface area contributed by atoms with E-state index in [0.717, 1.165) is 54.7 Å². The van der Waals surface area contributed by atoms with Crippen LogP contribution in [0.25, 0.3) is 10.9 Å². The maximum atomic E-state index is 13.1. The number of hydrogen-bond acceptors (Lipinski definition) is 5. The second kappa shape index (κ2) is 10.3. The molecule has 2 fully saturated rings. The third-order valence-corrected chi connectivity index (χ3v) is 7.55. The number of nitrogens with zero attached hydrogens (tertiary/aromatic N) is 5. The number of piperazine rings is 2. The highest BCUT2D eigenvalue weighted by molar-refractivity contribution is 7.80. The highest BCUT2D eigenvalue weighted by Crippen LogP contribution is 2.32. The van der Waals surface area contributed by atoms with Gasteiger partial charge in [-0.15, -0.1) is 0 Å². The number of anilines is 3. The minimum Gasteiger partial charge on any atom is -0.368 e. The summed E-state index contributed by atoms with van der Waals surface area (Å²) >= 11 is 5.67. The number of rotatable bonds is 3. The molecule has 2 saturated heterocycles. The van der Waals surface area contributed by atoms with Crippen LogP contribution in [-0.4, -0.2) is 79.3 Å². The van der Waals surface area contributed by atoms with Crippen LogP contribution in [0.1, 0.15) is 11.1 Å². The molecule has 0 atom stereocenters. The Balaban J connectivity index is 1.22. The van der Waals surface area contributed by atoms with Crippen molar-refractivity contribution in [3.8, 4) is 0 Å². The summed E-state index contributed by atoms with van der Waals surface area (Å²) < 4.78 is 39.3. The summed E-state index contributed by atoms with van der Waals surface area (Å²) in [6.07, 6.45) is -4.34. The standard InChI is InChI=1S/C27H31F3N6S/c1-19-16-25(35-10-8-33(2)9-11-35)32-24-7-6-21(18-23(19)24)31-26(37)36-14-12-34(13-15-36)22-5-3-4-20(17-22)27(28,29)30/h3-7,16-18H,8-15H2,1-2H3,(H,31,37). The van der Waals surface area contributed by atoms with Crippen LogP contribution in [0.4, 0.5) is 30.4 Å². The third kappa shape index (κ3) is 5.75. The van der Waals surface area contributed by atoms with Gasteiger partial charge >= 0.3 is 6.18 Å². The molecule has 0 unspecified atom stereocenters. The number of thiocarbonyl (C=S) groups is 1. The number of nitrogens with one attached hydrogen (secondary N) is 1. The lowest BCUT2D eigenvalue weighted by Crippen LogP contribution is -2.50. The average Bonchev–Trinajstić information content (AvgIpc) is 2.89. The van der Waals surface area contributed by atoms with Crippen LogP contribution in [0, 0.1) is 6.92 Å². The van der Waals surface area contributed by atoms with E-state index in [-0.39, 0.29) is 0 Å². The summed E-state index contributed by atoms with van der Waals surface area (Å²) in [5.74, 6) is 1.02. The fraction of sp³-hybridized carbons (Fsp3) is 0.407. The van der Waals surface area contributed by atoms with E-state index in [4.69, 9.17) is 17.2 Å². The predicted molar refractivity (Wildman–Crippen MR) is 148 cm³/mol. The fourth-order valence-electron chi connectivity index (χ4n) is 4.90. The van der Waals surface area contributed by atoms with Gasteiger partial charge < -0.3 is 24.9 Å². The third-order valence-electron chi connectivity index (χ3n) is 7.19. The molecule has 10 heteroatoms. The van der Waals surface area contributed by atoms with Gasteiger partial charge in [-0.25, -0.2) is 4.98 Å². The van der Waals surface area contributed by atoms with Gasteiger partial charge in [-0.05, 0) is 74.2 Å². The van der Waals surface area contributed by atoms with Gasteiger partial charge in [0.25, 0.3) is 0 Å². The molecule has 5 rings (SSSR count). The highest BCUT2D eigenvalue weighted by Gasteiger charge is 2.31. The molecule has 196 valence electrons. The molecular weight excluding hydrogens is 497 g/mol. The highest BCUT2D eigenvalue weighted by atomic mass is 32.1. The molecule has 0 saturated carbocycles. The molecule has 2 aliphatic rings. The second-order valence-corrected chi connectivity index (χ2v) is 10.2. The number of likely N-dealkylation sites (N-methyl/N-ethyl adjacent to an activating group) is 1. The first-order valence-electron chi connectivity index (χ1n) is 12.5. The number of pyridine rings is 1. The van der Waals surface area contributed by atoms with Gasteiger partial charge in [-0.3, -0.25) is 0 Å². The first kappa shape index (κ1) is 25.5. The normalized spacial score (nSPS) is 17.4. The summed E-state index contributed by atoms with van der Waals surface area (Å²) in [5.41, 5.74) is 2.99. The first-order chi connectivity index (χ1) is 17.7. The van der Waals surface area contributed by atoms with Crippen LogP contribution in [0.5, 0.6) is 0 Å². The molecule has 6 nitrogen and oxygen atoms in total. The summed E-state index contributed by atoms with van der Waals surface area (Å²) in [7, 11) is 2.14. The quantitative estimate of drug-likeness (QED) is 0.488. The topological polar surface area (TPSA) is 37.9 Å². The summed E-state index contributed by atoms with van der Waals surface area (Å²) in [5, 5.41) is 5.04. The molecule has 0 amide bonds. The molecule has 0 aliphatic carbocycles. The van der Waals surface area contributed by atoms with Gasteiger partial charge in [0, 0.05) is 69.1 Å². The van der Waals surface area contributed by atoms with Gasteiger partial charge in [0.15, 0.2) is 5.11 Å². The van der Waals surface area contributed by atoms with Crippen molar-refractivity contribution in [2.24, 2.45) is 0 Å². The van der Waals surface area contributed by atoms with Crippen molar-refractivity contribution in [3.63, 3.8) is 0 Å². The van der Waals surface area contributed by atoms with Crippen molar-refractivity contribution >= 4 is 45.4 Å². The van der Waals surface area contributed by atoms with Gasteiger partial charge in [-0.1, -0.05) is 6.07 Å². The first-order valence-corrected chi connectivity index (χ1v) is 12.9. The van der Waals surface area contributed by atoms with E-state index < -0.39 is 11.7 Å². The second-order valence-electron chi connectivity index (χ2n) is 9.77. The predicted octanol–water partition coefficient (Wildman–Crippen LogP) is 4.83. The Hall–Kier alpha value is -3.11. The summed E-state index contributed by atoms with van der Waals surface area (Å²) in [6, 6.07) is 13.8. The fourth-order valence-corrected chi connectivity index (χ4v) is 5.20. The molecule has 2 aromatic carbocycles. The van der Waals surface area contributed by atoms with Crippen LogP contribution in [-0.2, 0) is 6.18 Å². The van der Waals surface area contributed by atoms with Crippen LogP contribution in [0.3, 0.4) is 0 Å². The van der Waals surface area contributed by atoms with Gasteiger partial charge in [0.05, 0.1) is 11.1 Å². The lowest BCUT2D eigenvalue weighted by atomic mass is 10.1. The van der Waals surface area contributed by atoms with Gasteiger partial charge in [0.2, 0.25) is 0 Å². The van der Waals surface area contributed by atoms with E-state index in [0.29, 0.717) is 37.0 Å². The molecule has 3 aromatic rings. The summed E-state index contributed by atoms with van der Waals surface area (Å²) in [6.45, 7) is 8.58. The largest absolute Gasteiger partial charge is 0.416 e. The lowest BCUT2D eigenvalue weighted by Gasteiger charge is -2.37. The molecule has 37 heavy (non-hydrogen) atoms. The number of fused-ring (bicyclic) bond motifs is 1. The van der Waals surface area contributed by atoms with Crippen molar-refractivity contribution in [1.82, 2.24) is 14.8 Å². The molecule has 0 spiro atoms. The van der Waals surface area contributed by atoms with Crippen molar-refractivity contribution < 1.29 is 13.2 Å². The van der Waals surface area contributed by atoms with Crippen LogP contribution in [0.15, 0.2) is 48.5 Å². The Kier molecular flexibility index (Phi) is 7.13. The lowest BCUT2D eigenvalue weighted by molar-refractivity contribution is -0.137. The Bertz CT molecular complexity index is 1280. The summed E-state index contributed by atoms with van der Waals surface area (Å²) in [4.78, 5) is 13.6. The molecule has 2 aliphatic heterocycles. The zero-order valence-electron chi connectivity index (χ0n) is 21.1. The molecule has 0 radical (unpaired) electrons. The molecule has 1 N–H and O–H groups in total. The minimum absolute atomic E-state index is 0.585. The number of benzene rings is 2. The molecule has 1 aromatic heterocycles.